The number of amides is 1. The van der Waals surface area contributed by atoms with E-state index in [-0.39, 0.29) is 16.4 Å². The number of nitrogens with one attached hydrogen (secondary N) is 1. The molecule has 0 saturated carbocycles. The summed E-state index contributed by atoms with van der Waals surface area (Å²) >= 11 is 5.78. The Balaban J connectivity index is 2.29. The number of hydrogen-bond acceptors (Lipinski definition) is 5. The van der Waals surface area contributed by atoms with Crippen molar-refractivity contribution in [2.75, 3.05) is 5.32 Å². The predicted molar refractivity (Wildman–Crippen MR) is 72.8 cm³/mol. The number of aromatic nitrogens is 2. The molecule has 7 nitrogen and oxygen atoms in total. The van der Waals surface area contributed by atoms with E-state index in [4.69, 9.17) is 11.6 Å². The third kappa shape index (κ3) is 3.07. The Bertz CT molecular complexity index is 690. The van der Waals surface area contributed by atoms with Crippen molar-refractivity contribution in [2.45, 2.75) is 6.92 Å². The lowest BCUT2D eigenvalue weighted by atomic mass is 10.2. The molecule has 0 aliphatic heterocycles. The summed E-state index contributed by atoms with van der Waals surface area (Å²) in [5.41, 5.74) is 0.340. The Labute approximate surface area is 118 Å². The summed E-state index contributed by atoms with van der Waals surface area (Å²) in [4.78, 5) is 29.8. The highest BCUT2D eigenvalue weighted by Gasteiger charge is 2.17. The van der Waals surface area contributed by atoms with Crippen LogP contribution in [-0.4, -0.2) is 20.8 Å². The zero-order valence-electron chi connectivity index (χ0n) is 10.3. The van der Waals surface area contributed by atoms with Crippen molar-refractivity contribution in [3.05, 3.63) is 57.0 Å². The zero-order valence-corrected chi connectivity index (χ0v) is 11.1. The third-order valence-electron chi connectivity index (χ3n) is 2.41. The third-order valence-corrected chi connectivity index (χ3v) is 2.71. The van der Waals surface area contributed by atoms with Gasteiger partial charge in [0.25, 0.3) is 11.6 Å². The van der Waals surface area contributed by atoms with E-state index in [1.54, 1.807) is 25.1 Å². The maximum atomic E-state index is 12.0. The molecule has 0 aliphatic carbocycles. The van der Waals surface area contributed by atoms with Gasteiger partial charge in [0.15, 0.2) is 0 Å². The first-order chi connectivity index (χ1) is 9.47. The highest BCUT2D eigenvalue weighted by atomic mass is 35.5. The van der Waals surface area contributed by atoms with Crippen molar-refractivity contribution in [3.8, 4) is 0 Å². The fraction of sp³-hybridized carbons (Fsp3) is 0.0833. The molecule has 8 heteroatoms. The monoisotopic (exact) mass is 292 g/mol. The number of halogens is 1. The Morgan fingerprint density at radius 3 is 2.85 bits per heavy atom. The Morgan fingerprint density at radius 1 is 1.45 bits per heavy atom. The van der Waals surface area contributed by atoms with Gasteiger partial charge in [0.1, 0.15) is 17.2 Å². The lowest BCUT2D eigenvalue weighted by molar-refractivity contribution is -0.385. The van der Waals surface area contributed by atoms with Crippen LogP contribution in [0.25, 0.3) is 0 Å². The molecule has 1 amide bonds. The number of rotatable bonds is 3. The number of hydrogen-bond donors (Lipinski definition) is 1. The maximum absolute atomic E-state index is 12.0. The van der Waals surface area contributed by atoms with Gasteiger partial charge in [0.2, 0.25) is 0 Å². The summed E-state index contributed by atoms with van der Waals surface area (Å²) in [7, 11) is 0. The molecule has 0 atom stereocenters. The van der Waals surface area contributed by atoms with Crippen LogP contribution in [0.2, 0.25) is 5.15 Å². The number of carbonyl (C=O) groups excluding carboxylic acids is 1. The van der Waals surface area contributed by atoms with Crippen molar-refractivity contribution < 1.29 is 9.72 Å². The van der Waals surface area contributed by atoms with E-state index in [1.165, 1.54) is 0 Å². The molecule has 0 aliphatic rings. The van der Waals surface area contributed by atoms with E-state index >= 15 is 0 Å². The number of carbonyl (C=O) groups is 1. The molecular formula is C12H9ClN4O3. The van der Waals surface area contributed by atoms with Gasteiger partial charge in [0, 0.05) is 11.8 Å². The molecular weight excluding hydrogens is 284 g/mol. The molecule has 20 heavy (non-hydrogen) atoms. The summed E-state index contributed by atoms with van der Waals surface area (Å²) in [5.74, 6) is -0.276. The summed E-state index contributed by atoms with van der Waals surface area (Å²) in [6.07, 6.45) is 0.990. The normalized spacial score (nSPS) is 10.1. The number of pyridine rings is 2. The van der Waals surface area contributed by atoms with Crippen LogP contribution in [0, 0.1) is 17.0 Å². The van der Waals surface area contributed by atoms with E-state index in [1.807, 2.05) is 0 Å². The fourth-order valence-electron chi connectivity index (χ4n) is 1.49. The van der Waals surface area contributed by atoms with Crippen LogP contribution < -0.4 is 5.32 Å². The van der Waals surface area contributed by atoms with E-state index < -0.39 is 10.8 Å². The Hall–Kier alpha value is -2.54. The lowest BCUT2D eigenvalue weighted by Gasteiger charge is -2.06. The smallest absolute Gasteiger partial charge is 0.288 e. The topological polar surface area (TPSA) is 98.0 Å². The molecule has 0 saturated heterocycles. The molecule has 0 spiro atoms. The molecule has 0 radical (unpaired) electrons. The van der Waals surface area contributed by atoms with Crippen LogP contribution in [0.1, 0.15) is 16.1 Å². The SMILES string of the molecule is Cc1cccc(NC(=O)c2cc([N+](=O)[O-])cnc2Cl)n1. The van der Waals surface area contributed by atoms with Crippen molar-refractivity contribution in [1.82, 2.24) is 9.97 Å². The van der Waals surface area contributed by atoms with Gasteiger partial charge in [-0.1, -0.05) is 17.7 Å². The maximum Gasteiger partial charge on any atom is 0.288 e. The molecule has 2 aromatic rings. The predicted octanol–water partition coefficient (Wildman–Crippen LogP) is 2.60. The first kappa shape index (κ1) is 13.9. The second kappa shape index (κ2) is 5.62. The molecule has 0 unspecified atom stereocenters. The van der Waals surface area contributed by atoms with Crippen molar-refractivity contribution in [2.24, 2.45) is 0 Å². The van der Waals surface area contributed by atoms with Gasteiger partial charge >= 0.3 is 0 Å². The van der Waals surface area contributed by atoms with E-state index in [0.717, 1.165) is 18.0 Å². The second-order valence-electron chi connectivity index (χ2n) is 3.91. The molecule has 1 N–H and O–H groups in total. The number of aryl methyl sites for hydroxylation is 1. The molecule has 102 valence electrons. The van der Waals surface area contributed by atoms with Gasteiger partial charge in [-0.25, -0.2) is 9.97 Å². The minimum absolute atomic E-state index is 0.0795. The first-order valence-corrected chi connectivity index (χ1v) is 5.90. The summed E-state index contributed by atoms with van der Waals surface area (Å²) < 4.78 is 0. The van der Waals surface area contributed by atoms with Crippen LogP contribution in [0.3, 0.4) is 0 Å². The molecule has 2 aromatic heterocycles. The van der Waals surface area contributed by atoms with E-state index in [9.17, 15) is 14.9 Å². The van der Waals surface area contributed by atoms with Crippen molar-refractivity contribution >= 4 is 29.0 Å². The summed E-state index contributed by atoms with van der Waals surface area (Å²) in [6, 6.07) is 6.17. The molecule has 2 heterocycles. The van der Waals surface area contributed by atoms with Crippen LogP contribution in [0.4, 0.5) is 11.5 Å². The van der Waals surface area contributed by atoms with Crippen LogP contribution >= 0.6 is 11.6 Å². The second-order valence-corrected chi connectivity index (χ2v) is 4.27. The van der Waals surface area contributed by atoms with Crippen LogP contribution in [-0.2, 0) is 0 Å². The van der Waals surface area contributed by atoms with Gasteiger partial charge in [0.05, 0.1) is 10.5 Å². The highest BCUT2D eigenvalue weighted by molar-refractivity contribution is 6.33. The van der Waals surface area contributed by atoms with Gasteiger partial charge in [-0.05, 0) is 19.1 Å². The van der Waals surface area contributed by atoms with Gasteiger partial charge < -0.3 is 5.32 Å². The molecule has 2 rings (SSSR count). The van der Waals surface area contributed by atoms with Crippen molar-refractivity contribution in [3.63, 3.8) is 0 Å². The average Bonchev–Trinajstić information content (AvgIpc) is 2.38. The lowest BCUT2D eigenvalue weighted by Crippen LogP contribution is -2.14. The largest absolute Gasteiger partial charge is 0.306 e. The fourth-order valence-corrected chi connectivity index (χ4v) is 1.68. The minimum Gasteiger partial charge on any atom is -0.306 e. The molecule has 0 aromatic carbocycles. The quantitative estimate of drug-likeness (QED) is 0.532. The highest BCUT2D eigenvalue weighted by Crippen LogP contribution is 2.20. The Morgan fingerprint density at radius 2 is 2.20 bits per heavy atom. The zero-order chi connectivity index (χ0) is 14.7. The summed E-state index contributed by atoms with van der Waals surface area (Å²) in [5, 5.41) is 13.1. The average molecular weight is 293 g/mol. The first-order valence-electron chi connectivity index (χ1n) is 5.52. The van der Waals surface area contributed by atoms with Crippen molar-refractivity contribution in [1.29, 1.82) is 0 Å². The van der Waals surface area contributed by atoms with E-state index in [2.05, 4.69) is 15.3 Å². The number of nitrogens with zero attached hydrogens (tertiary/aromatic N) is 3. The van der Waals surface area contributed by atoms with Crippen LogP contribution in [0.5, 0.6) is 0 Å². The van der Waals surface area contributed by atoms with E-state index in [0.29, 0.717) is 5.82 Å². The number of anilines is 1. The molecule has 0 fully saturated rings. The Kier molecular flexibility index (Phi) is 3.90. The number of nitro groups is 1. The van der Waals surface area contributed by atoms with Crippen LogP contribution in [0.15, 0.2) is 30.5 Å². The van der Waals surface area contributed by atoms with Gasteiger partial charge in [-0.15, -0.1) is 0 Å². The summed E-state index contributed by atoms with van der Waals surface area (Å²) in [6.45, 7) is 1.78. The molecule has 0 bridgehead atoms. The minimum atomic E-state index is -0.648. The van der Waals surface area contributed by atoms with Gasteiger partial charge in [-0.3, -0.25) is 14.9 Å². The standard InChI is InChI=1S/C12H9ClN4O3/c1-7-3-2-4-10(15-7)16-12(18)9-5-8(17(19)20)6-14-11(9)13/h2-6H,1H3,(H,15,16,18). The van der Waals surface area contributed by atoms with Gasteiger partial charge in [-0.2, -0.15) is 0 Å².